The highest BCUT2D eigenvalue weighted by molar-refractivity contribution is 5.85. The molecule has 1 aliphatic carbocycles. The zero-order valence-electron chi connectivity index (χ0n) is 13.9. The molecule has 4 rings (SSSR count). The van der Waals surface area contributed by atoms with E-state index in [9.17, 15) is 4.79 Å². The van der Waals surface area contributed by atoms with Crippen molar-refractivity contribution in [2.24, 2.45) is 5.92 Å². The highest BCUT2D eigenvalue weighted by atomic mass is 16.5. The molecule has 2 aliphatic rings. The summed E-state index contributed by atoms with van der Waals surface area (Å²) in [5, 5.41) is 1.13. The van der Waals surface area contributed by atoms with E-state index in [2.05, 4.69) is 29.3 Å². The number of amides is 1. The lowest BCUT2D eigenvalue weighted by Crippen LogP contribution is -2.44. The van der Waals surface area contributed by atoms with Gasteiger partial charge in [-0.3, -0.25) is 4.79 Å². The average Bonchev–Trinajstić information content (AvgIpc) is 3.12. The molecule has 1 saturated heterocycles. The molecule has 4 nitrogen and oxygen atoms in total. The summed E-state index contributed by atoms with van der Waals surface area (Å²) in [5.41, 5.74) is 1.10. The molecule has 2 heterocycles. The van der Waals surface area contributed by atoms with Crippen molar-refractivity contribution < 1.29 is 9.53 Å². The molecule has 2 aromatic rings. The summed E-state index contributed by atoms with van der Waals surface area (Å²) in [6.07, 6.45) is 11.2. The largest absolute Gasteiger partial charge is 0.490 e. The van der Waals surface area contributed by atoms with Crippen LogP contribution in [0.25, 0.3) is 10.9 Å². The van der Waals surface area contributed by atoms with E-state index in [0.717, 1.165) is 61.8 Å². The minimum atomic E-state index is 0.195. The van der Waals surface area contributed by atoms with Gasteiger partial charge in [-0.25, -0.2) is 0 Å². The summed E-state index contributed by atoms with van der Waals surface area (Å²) < 4.78 is 6.23. The number of fused-ring (bicyclic) bond motifs is 1. The van der Waals surface area contributed by atoms with Crippen molar-refractivity contribution in [2.75, 3.05) is 13.1 Å². The third kappa shape index (κ3) is 3.05. The Balaban J connectivity index is 1.35. The number of carbonyl (C=O) groups is 1. The number of piperidine rings is 1. The van der Waals surface area contributed by atoms with Crippen molar-refractivity contribution in [3.05, 3.63) is 42.6 Å². The molecule has 1 aliphatic heterocycles. The van der Waals surface area contributed by atoms with E-state index in [1.54, 1.807) is 0 Å². The number of hydrogen-bond acceptors (Lipinski definition) is 2. The van der Waals surface area contributed by atoms with Crippen molar-refractivity contribution in [3.8, 4) is 5.75 Å². The molecule has 24 heavy (non-hydrogen) atoms. The molecule has 1 unspecified atom stereocenters. The Morgan fingerprint density at radius 1 is 1.12 bits per heavy atom. The van der Waals surface area contributed by atoms with Crippen LogP contribution in [-0.4, -0.2) is 35.0 Å². The van der Waals surface area contributed by atoms with E-state index < -0.39 is 0 Å². The Hall–Kier alpha value is -2.23. The van der Waals surface area contributed by atoms with E-state index in [0.29, 0.717) is 5.91 Å². The maximum atomic E-state index is 12.6. The van der Waals surface area contributed by atoms with Crippen LogP contribution >= 0.6 is 0 Å². The summed E-state index contributed by atoms with van der Waals surface area (Å²) in [5.74, 6) is 1.47. The maximum Gasteiger partial charge on any atom is 0.226 e. The van der Waals surface area contributed by atoms with Crippen LogP contribution in [0, 0.1) is 5.92 Å². The zero-order chi connectivity index (χ0) is 16.4. The number of hydrogen-bond donors (Lipinski definition) is 1. The number of likely N-dealkylation sites (tertiary alicyclic amines) is 1. The molecule has 0 bridgehead atoms. The van der Waals surface area contributed by atoms with Crippen LogP contribution in [0.3, 0.4) is 0 Å². The number of allylic oxidation sites excluding steroid dienone is 2. The quantitative estimate of drug-likeness (QED) is 0.871. The van der Waals surface area contributed by atoms with E-state index in [-0.39, 0.29) is 12.0 Å². The van der Waals surface area contributed by atoms with Gasteiger partial charge in [-0.2, -0.15) is 0 Å². The smallest absolute Gasteiger partial charge is 0.226 e. The summed E-state index contributed by atoms with van der Waals surface area (Å²) in [6, 6.07) is 8.16. The van der Waals surface area contributed by atoms with Gasteiger partial charge in [0.15, 0.2) is 0 Å². The predicted molar refractivity (Wildman–Crippen MR) is 95.0 cm³/mol. The molecule has 126 valence electrons. The first kappa shape index (κ1) is 15.3. The third-order valence-electron chi connectivity index (χ3n) is 5.22. The van der Waals surface area contributed by atoms with Gasteiger partial charge in [-0.05, 0) is 37.5 Å². The zero-order valence-corrected chi connectivity index (χ0v) is 13.9. The molecule has 1 fully saturated rings. The van der Waals surface area contributed by atoms with Crippen LogP contribution < -0.4 is 4.74 Å². The Kier molecular flexibility index (Phi) is 4.28. The number of carbonyl (C=O) groups excluding carboxylic acids is 1. The van der Waals surface area contributed by atoms with Crippen molar-refractivity contribution in [3.63, 3.8) is 0 Å². The number of aromatic nitrogens is 1. The molecule has 0 spiro atoms. The fraction of sp³-hybridized carbons (Fsp3) is 0.450. The Labute approximate surface area is 142 Å². The Bertz CT molecular complexity index is 741. The summed E-state index contributed by atoms with van der Waals surface area (Å²) in [7, 11) is 0. The van der Waals surface area contributed by atoms with Crippen LogP contribution in [0.4, 0.5) is 0 Å². The Morgan fingerprint density at radius 2 is 2.00 bits per heavy atom. The van der Waals surface area contributed by atoms with Gasteiger partial charge in [0, 0.05) is 48.9 Å². The molecule has 1 atom stereocenters. The van der Waals surface area contributed by atoms with Crippen molar-refractivity contribution in [1.82, 2.24) is 9.88 Å². The highest BCUT2D eigenvalue weighted by Gasteiger charge is 2.29. The number of aromatic amines is 1. The van der Waals surface area contributed by atoms with Gasteiger partial charge >= 0.3 is 0 Å². The van der Waals surface area contributed by atoms with E-state index in [1.165, 1.54) is 0 Å². The average molecular weight is 324 g/mol. The second-order valence-corrected chi connectivity index (χ2v) is 6.82. The molecule has 4 heteroatoms. The number of benzene rings is 1. The lowest BCUT2D eigenvalue weighted by Gasteiger charge is -2.34. The minimum absolute atomic E-state index is 0.195. The highest BCUT2D eigenvalue weighted by Crippen LogP contribution is 2.28. The lowest BCUT2D eigenvalue weighted by atomic mass is 9.92. The second-order valence-electron chi connectivity index (χ2n) is 6.82. The maximum absolute atomic E-state index is 12.6. The van der Waals surface area contributed by atoms with Crippen molar-refractivity contribution >= 4 is 16.8 Å². The fourth-order valence-electron chi connectivity index (χ4n) is 3.81. The number of nitrogens with one attached hydrogen (secondary N) is 1. The van der Waals surface area contributed by atoms with Gasteiger partial charge in [0.1, 0.15) is 11.9 Å². The summed E-state index contributed by atoms with van der Waals surface area (Å²) >= 11 is 0. The number of nitrogens with zero attached hydrogens (tertiary/aromatic N) is 1. The first-order chi connectivity index (χ1) is 11.8. The van der Waals surface area contributed by atoms with Gasteiger partial charge in [-0.1, -0.05) is 18.2 Å². The molecular weight excluding hydrogens is 300 g/mol. The van der Waals surface area contributed by atoms with E-state index >= 15 is 0 Å². The molecule has 1 aromatic heterocycles. The normalized spacial score (nSPS) is 22.0. The van der Waals surface area contributed by atoms with Gasteiger partial charge in [0.05, 0.1) is 0 Å². The molecule has 0 radical (unpaired) electrons. The minimum Gasteiger partial charge on any atom is -0.490 e. The molecular formula is C20H24N2O2. The summed E-state index contributed by atoms with van der Waals surface area (Å²) in [4.78, 5) is 17.9. The van der Waals surface area contributed by atoms with Crippen molar-refractivity contribution in [2.45, 2.75) is 38.2 Å². The van der Waals surface area contributed by atoms with Crippen LogP contribution in [0.1, 0.15) is 32.1 Å². The number of H-pyrrole nitrogens is 1. The standard InChI is InChI=1S/C20H24N2O2/c23-20(15-5-2-1-3-6-15)22-13-10-16(11-14-22)24-19-8-4-7-18-17(19)9-12-21-18/h1-2,4,7-9,12,15-16,21H,3,5-6,10-11,13-14H2. The second kappa shape index (κ2) is 6.71. The number of rotatable bonds is 3. The monoisotopic (exact) mass is 324 g/mol. The number of ether oxygens (including phenoxy) is 1. The van der Waals surface area contributed by atoms with Crippen molar-refractivity contribution in [1.29, 1.82) is 0 Å². The fourth-order valence-corrected chi connectivity index (χ4v) is 3.81. The van der Waals surface area contributed by atoms with E-state index in [1.807, 2.05) is 23.2 Å². The molecule has 0 saturated carbocycles. The van der Waals surface area contributed by atoms with Crippen LogP contribution in [0.15, 0.2) is 42.6 Å². The van der Waals surface area contributed by atoms with Crippen LogP contribution in [0.5, 0.6) is 5.75 Å². The molecule has 1 amide bonds. The van der Waals surface area contributed by atoms with Crippen LogP contribution in [-0.2, 0) is 4.79 Å². The van der Waals surface area contributed by atoms with E-state index in [4.69, 9.17) is 4.74 Å². The SMILES string of the molecule is O=C(C1CC=CCC1)N1CCC(Oc2cccc3[nH]ccc23)CC1. The Morgan fingerprint density at radius 3 is 2.79 bits per heavy atom. The van der Waals surface area contributed by atoms with Gasteiger partial charge < -0.3 is 14.6 Å². The molecule has 1 N–H and O–H groups in total. The van der Waals surface area contributed by atoms with Gasteiger partial charge in [-0.15, -0.1) is 0 Å². The third-order valence-corrected chi connectivity index (χ3v) is 5.22. The topological polar surface area (TPSA) is 45.3 Å². The summed E-state index contributed by atoms with van der Waals surface area (Å²) in [6.45, 7) is 1.62. The predicted octanol–water partition coefficient (Wildman–Crippen LogP) is 3.89. The van der Waals surface area contributed by atoms with Gasteiger partial charge in [0.2, 0.25) is 5.91 Å². The van der Waals surface area contributed by atoms with Gasteiger partial charge in [0.25, 0.3) is 0 Å². The van der Waals surface area contributed by atoms with Crippen LogP contribution in [0.2, 0.25) is 0 Å². The first-order valence-corrected chi connectivity index (χ1v) is 8.98. The molecule has 1 aromatic carbocycles. The first-order valence-electron chi connectivity index (χ1n) is 8.98. The lowest BCUT2D eigenvalue weighted by molar-refractivity contribution is -0.137.